The molecule has 2 aromatic carbocycles. The number of hydrogen-bond acceptors (Lipinski definition) is 5. The molecule has 1 heterocycles. The second-order valence-corrected chi connectivity index (χ2v) is 8.67. The molecule has 1 aliphatic rings. The highest BCUT2D eigenvalue weighted by molar-refractivity contribution is 7.88. The van der Waals surface area contributed by atoms with Crippen molar-refractivity contribution in [1.29, 1.82) is 0 Å². The van der Waals surface area contributed by atoms with Crippen molar-refractivity contribution in [2.24, 2.45) is 0 Å². The fraction of sp³-hybridized carbons (Fsp3) is 0.368. The SMILES string of the molecule is C[C@H](c1cccc([N+](=O)[O-])c1)N1CCN(S(=O)(=O)Cc2ccccc2)CC1. The van der Waals surface area contributed by atoms with E-state index in [0.717, 1.165) is 11.1 Å². The smallest absolute Gasteiger partial charge is 0.269 e. The zero-order chi connectivity index (χ0) is 19.4. The Balaban J connectivity index is 1.63. The minimum Gasteiger partial charge on any atom is -0.294 e. The molecule has 1 aliphatic heterocycles. The van der Waals surface area contributed by atoms with Crippen LogP contribution in [0.15, 0.2) is 54.6 Å². The number of piperazine rings is 1. The van der Waals surface area contributed by atoms with Gasteiger partial charge < -0.3 is 0 Å². The first-order valence-corrected chi connectivity index (χ1v) is 10.5. The van der Waals surface area contributed by atoms with E-state index < -0.39 is 14.9 Å². The third kappa shape index (κ3) is 4.71. The van der Waals surface area contributed by atoms with Crippen molar-refractivity contribution in [3.63, 3.8) is 0 Å². The maximum absolute atomic E-state index is 12.7. The summed E-state index contributed by atoms with van der Waals surface area (Å²) in [4.78, 5) is 12.7. The predicted octanol–water partition coefficient (Wildman–Crippen LogP) is 2.80. The van der Waals surface area contributed by atoms with E-state index in [2.05, 4.69) is 4.90 Å². The Kier molecular flexibility index (Phi) is 5.88. The molecule has 0 saturated carbocycles. The summed E-state index contributed by atoms with van der Waals surface area (Å²) in [5.74, 6) is 0.00821. The molecule has 1 atom stereocenters. The van der Waals surface area contributed by atoms with Gasteiger partial charge in [0.05, 0.1) is 10.7 Å². The highest BCUT2D eigenvalue weighted by Crippen LogP contribution is 2.25. The molecule has 0 spiro atoms. The zero-order valence-electron chi connectivity index (χ0n) is 15.2. The van der Waals surface area contributed by atoms with Gasteiger partial charge in [-0.05, 0) is 18.1 Å². The number of nitro benzene ring substituents is 1. The summed E-state index contributed by atoms with van der Waals surface area (Å²) in [6, 6.07) is 15.8. The van der Waals surface area contributed by atoms with Crippen molar-refractivity contribution in [2.45, 2.75) is 18.7 Å². The van der Waals surface area contributed by atoms with Crippen LogP contribution in [0.3, 0.4) is 0 Å². The molecule has 27 heavy (non-hydrogen) atoms. The lowest BCUT2D eigenvalue weighted by molar-refractivity contribution is -0.385. The van der Waals surface area contributed by atoms with Crippen LogP contribution in [0.4, 0.5) is 5.69 Å². The lowest BCUT2D eigenvalue weighted by atomic mass is 10.1. The van der Waals surface area contributed by atoms with E-state index in [1.165, 1.54) is 10.4 Å². The first-order chi connectivity index (χ1) is 12.9. The van der Waals surface area contributed by atoms with E-state index >= 15 is 0 Å². The van der Waals surface area contributed by atoms with Gasteiger partial charge in [-0.3, -0.25) is 15.0 Å². The summed E-state index contributed by atoms with van der Waals surface area (Å²) in [7, 11) is -3.35. The van der Waals surface area contributed by atoms with Crippen LogP contribution < -0.4 is 0 Å². The van der Waals surface area contributed by atoms with Crippen molar-refractivity contribution in [3.05, 3.63) is 75.8 Å². The molecule has 144 valence electrons. The predicted molar refractivity (Wildman–Crippen MR) is 104 cm³/mol. The molecule has 1 fully saturated rings. The van der Waals surface area contributed by atoms with Crippen LogP contribution in [0, 0.1) is 10.1 Å². The molecule has 0 N–H and O–H groups in total. The topological polar surface area (TPSA) is 83.8 Å². The fourth-order valence-corrected chi connectivity index (χ4v) is 4.87. The van der Waals surface area contributed by atoms with Gasteiger partial charge in [-0.2, -0.15) is 4.31 Å². The Hall–Kier alpha value is -2.29. The van der Waals surface area contributed by atoms with Gasteiger partial charge in [-0.1, -0.05) is 42.5 Å². The Morgan fingerprint density at radius 2 is 1.70 bits per heavy atom. The van der Waals surface area contributed by atoms with Crippen molar-refractivity contribution >= 4 is 15.7 Å². The maximum atomic E-state index is 12.7. The summed E-state index contributed by atoms with van der Waals surface area (Å²) in [5, 5.41) is 11.0. The number of nitrogens with zero attached hydrogens (tertiary/aromatic N) is 3. The molecular weight excluding hydrogens is 366 g/mol. The average molecular weight is 389 g/mol. The molecule has 0 unspecified atom stereocenters. The van der Waals surface area contributed by atoms with Gasteiger partial charge in [-0.25, -0.2) is 8.42 Å². The number of nitro groups is 1. The molecule has 0 amide bonds. The van der Waals surface area contributed by atoms with Crippen LogP contribution in [0.1, 0.15) is 24.1 Å². The molecule has 0 aliphatic carbocycles. The monoisotopic (exact) mass is 389 g/mol. The second kappa shape index (κ2) is 8.16. The first kappa shape index (κ1) is 19.5. The first-order valence-electron chi connectivity index (χ1n) is 8.87. The quantitative estimate of drug-likeness (QED) is 0.560. The van der Waals surface area contributed by atoms with E-state index in [-0.39, 0.29) is 17.5 Å². The number of rotatable bonds is 6. The van der Waals surface area contributed by atoms with Crippen LogP contribution in [-0.4, -0.2) is 48.7 Å². The number of sulfonamides is 1. The molecule has 8 heteroatoms. The summed E-state index contributed by atoms with van der Waals surface area (Å²) in [6.45, 7) is 4.03. The van der Waals surface area contributed by atoms with Crippen LogP contribution in [0.5, 0.6) is 0 Å². The lowest BCUT2D eigenvalue weighted by Gasteiger charge is -2.37. The van der Waals surface area contributed by atoms with E-state index in [9.17, 15) is 18.5 Å². The highest BCUT2D eigenvalue weighted by Gasteiger charge is 2.29. The second-order valence-electron chi connectivity index (χ2n) is 6.70. The summed E-state index contributed by atoms with van der Waals surface area (Å²) >= 11 is 0. The zero-order valence-corrected chi connectivity index (χ0v) is 16.0. The van der Waals surface area contributed by atoms with Crippen molar-refractivity contribution in [1.82, 2.24) is 9.21 Å². The minimum absolute atomic E-state index is 0.00821. The number of benzene rings is 2. The van der Waals surface area contributed by atoms with Gasteiger partial charge in [0.1, 0.15) is 0 Å². The molecule has 2 aromatic rings. The molecule has 0 bridgehead atoms. The molecule has 7 nitrogen and oxygen atoms in total. The van der Waals surface area contributed by atoms with Crippen LogP contribution >= 0.6 is 0 Å². The molecule has 0 radical (unpaired) electrons. The molecule has 3 rings (SSSR count). The average Bonchev–Trinajstić information content (AvgIpc) is 2.68. The Morgan fingerprint density at radius 1 is 1.04 bits per heavy atom. The lowest BCUT2D eigenvalue weighted by Crippen LogP contribution is -2.49. The Labute approximate surface area is 159 Å². The van der Waals surface area contributed by atoms with Crippen LogP contribution in [0.2, 0.25) is 0 Å². The minimum atomic E-state index is -3.35. The Morgan fingerprint density at radius 3 is 2.33 bits per heavy atom. The van der Waals surface area contributed by atoms with Gasteiger partial charge in [0, 0.05) is 44.4 Å². The van der Waals surface area contributed by atoms with Crippen LogP contribution in [-0.2, 0) is 15.8 Å². The third-order valence-corrected chi connectivity index (χ3v) is 6.82. The van der Waals surface area contributed by atoms with Crippen molar-refractivity contribution in [2.75, 3.05) is 26.2 Å². The summed E-state index contributed by atoms with van der Waals surface area (Å²) in [5.41, 5.74) is 1.72. The van der Waals surface area contributed by atoms with E-state index in [4.69, 9.17) is 0 Å². The van der Waals surface area contributed by atoms with Gasteiger partial charge in [-0.15, -0.1) is 0 Å². The maximum Gasteiger partial charge on any atom is 0.269 e. The van der Waals surface area contributed by atoms with Crippen molar-refractivity contribution in [3.8, 4) is 0 Å². The molecule has 1 saturated heterocycles. The Bertz CT molecular complexity index is 894. The van der Waals surface area contributed by atoms with Crippen LogP contribution in [0.25, 0.3) is 0 Å². The number of non-ortho nitro benzene ring substituents is 1. The third-order valence-electron chi connectivity index (χ3n) is 4.97. The summed E-state index contributed by atoms with van der Waals surface area (Å²) < 4.78 is 26.8. The van der Waals surface area contributed by atoms with Gasteiger partial charge in [0.2, 0.25) is 10.0 Å². The normalized spacial score (nSPS) is 17.5. The van der Waals surface area contributed by atoms with Gasteiger partial charge in [0.25, 0.3) is 5.69 Å². The summed E-state index contributed by atoms with van der Waals surface area (Å²) in [6.07, 6.45) is 0. The van der Waals surface area contributed by atoms with Crippen molar-refractivity contribution < 1.29 is 13.3 Å². The van der Waals surface area contributed by atoms with E-state index in [1.807, 2.05) is 43.3 Å². The standard InChI is InChI=1S/C19H23N3O4S/c1-16(18-8-5-9-19(14-18)22(23)24)20-10-12-21(13-11-20)27(25,26)15-17-6-3-2-4-7-17/h2-9,14,16H,10-13,15H2,1H3/t16-/m1/s1. The van der Waals surface area contributed by atoms with E-state index in [0.29, 0.717) is 26.2 Å². The number of hydrogen-bond donors (Lipinski definition) is 0. The van der Waals surface area contributed by atoms with Gasteiger partial charge in [0.15, 0.2) is 0 Å². The molecular formula is C19H23N3O4S. The van der Waals surface area contributed by atoms with E-state index in [1.54, 1.807) is 12.1 Å². The molecule has 0 aromatic heterocycles. The fourth-order valence-electron chi connectivity index (χ4n) is 3.35. The van der Waals surface area contributed by atoms with Gasteiger partial charge >= 0.3 is 0 Å². The largest absolute Gasteiger partial charge is 0.294 e. The highest BCUT2D eigenvalue weighted by atomic mass is 32.2.